The summed E-state index contributed by atoms with van der Waals surface area (Å²) in [4.78, 5) is 25.5. The SMILES string of the molecule is CC/C=C\C/C=C\C/C=C\C/C=C\CCCCCOCC(COC(=O)CCCCCCCCCCC/C=C\C/C=C\CCCCC)OC(=O)CCCCCCCCC/C=C\C/C=C\CCCCC. The van der Waals surface area contributed by atoms with Gasteiger partial charge in [0, 0.05) is 19.4 Å². The molecule has 0 heterocycles. The number of allylic oxidation sites excluding steroid dienone is 16. The molecule has 0 saturated heterocycles. The van der Waals surface area contributed by atoms with Crippen molar-refractivity contribution in [1.29, 1.82) is 0 Å². The van der Waals surface area contributed by atoms with Crippen molar-refractivity contribution in [3.8, 4) is 0 Å². The fourth-order valence-corrected chi connectivity index (χ4v) is 7.80. The summed E-state index contributed by atoms with van der Waals surface area (Å²) in [6.45, 7) is 7.60. The number of esters is 2. The summed E-state index contributed by atoms with van der Waals surface area (Å²) in [5.41, 5.74) is 0. The Labute approximate surface area is 422 Å². The van der Waals surface area contributed by atoms with E-state index in [1.54, 1.807) is 0 Å². The summed E-state index contributed by atoms with van der Waals surface area (Å²) < 4.78 is 17.4. The smallest absolute Gasteiger partial charge is 0.306 e. The van der Waals surface area contributed by atoms with E-state index in [-0.39, 0.29) is 25.2 Å². The molecule has 0 N–H and O–H groups in total. The first kappa shape index (κ1) is 64.8. The average Bonchev–Trinajstić information content (AvgIpc) is 3.34. The van der Waals surface area contributed by atoms with Gasteiger partial charge in [-0.3, -0.25) is 9.59 Å². The highest BCUT2D eigenvalue weighted by molar-refractivity contribution is 5.70. The zero-order chi connectivity index (χ0) is 49.2. The Morgan fingerprint density at radius 2 is 0.662 bits per heavy atom. The molecule has 0 bridgehead atoms. The number of rotatable bonds is 52. The number of ether oxygens (including phenoxy) is 3. The summed E-state index contributed by atoms with van der Waals surface area (Å²) in [6.07, 6.45) is 78.5. The summed E-state index contributed by atoms with van der Waals surface area (Å²) in [6, 6.07) is 0. The van der Waals surface area contributed by atoms with Crippen LogP contribution in [0, 0.1) is 0 Å². The lowest BCUT2D eigenvalue weighted by atomic mass is 10.1. The van der Waals surface area contributed by atoms with Crippen LogP contribution in [-0.2, 0) is 23.8 Å². The molecular weight excluding hydrogens is 837 g/mol. The molecule has 0 aliphatic rings. The molecule has 390 valence electrons. The monoisotopic (exact) mass is 945 g/mol. The molecule has 0 amide bonds. The van der Waals surface area contributed by atoms with Gasteiger partial charge in [0.15, 0.2) is 6.10 Å². The summed E-state index contributed by atoms with van der Waals surface area (Å²) in [7, 11) is 0. The molecule has 0 aromatic rings. The molecular formula is C63H108O5. The lowest BCUT2D eigenvalue weighted by Gasteiger charge is -2.18. The predicted molar refractivity (Wildman–Crippen MR) is 297 cm³/mol. The van der Waals surface area contributed by atoms with Crippen LogP contribution in [0.25, 0.3) is 0 Å². The molecule has 1 unspecified atom stereocenters. The van der Waals surface area contributed by atoms with Gasteiger partial charge in [-0.15, -0.1) is 0 Å². The molecule has 0 fully saturated rings. The van der Waals surface area contributed by atoms with Gasteiger partial charge in [0.2, 0.25) is 0 Å². The second-order valence-corrected chi connectivity index (χ2v) is 18.8. The number of unbranched alkanes of at least 4 members (excludes halogenated alkanes) is 25. The van der Waals surface area contributed by atoms with Gasteiger partial charge >= 0.3 is 11.9 Å². The van der Waals surface area contributed by atoms with Gasteiger partial charge in [-0.1, -0.05) is 227 Å². The van der Waals surface area contributed by atoms with Crippen LogP contribution in [-0.4, -0.2) is 37.9 Å². The molecule has 68 heavy (non-hydrogen) atoms. The molecule has 0 spiro atoms. The third-order valence-corrected chi connectivity index (χ3v) is 12.1. The lowest BCUT2D eigenvalue weighted by Crippen LogP contribution is -2.30. The van der Waals surface area contributed by atoms with Crippen molar-refractivity contribution in [1.82, 2.24) is 0 Å². The maximum atomic E-state index is 12.9. The quantitative estimate of drug-likeness (QED) is 0.0345. The Hall–Kier alpha value is -3.18. The molecule has 0 radical (unpaired) electrons. The van der Waals surface area contributed by atoms with Crippen molar-refractivity contribution in [3.63, 3.8) is 0 Å². The minimum absolute atomic E-state index is 0.0628. The first-order chi connectivity index (χ1) is 33.6. The maximum Gasteiger partial charge on any atom is 0.306 e. The van der Waals surface area contributed by atoms with Crippen molar-refractivity contribution < 1.29 is 23.8 Å². The first-order valence-corrected chi connectivity index (χ1v) is 28.8. The molecule has 1 atom stereocenters. The minimum atomic E-state index is -0.565. The normalized spacial score (nSPS) is 12.9. The molecule has 0 aliphatic carbocycles. The Bertz CT molecular complexity index is 1300. The van der Waals surface area contributed by atoms with E-state index in [1.165, 1.54) is 128 Å². The van der Waals surface area contributed by atoms with Crippen LogP contribution >= 0.6 is 0 Å². The second-order valence-electron chi connectivity index (χ2n) is 18.8. The van der Waals surface area contributed by atoms with Crippen molar-refractivity contribution in [2.24, 2.45) is 0 Å². The lowest BCUT2D eigenvalue weighted by molar-refractivity contribution is -0.163. The number of carbonyl (C=O) groups is 2. The van der Waals surface area contributed by atoms with Crippen LogP contribution in [0.4, 0.5) is 0 Å². The summed E-state index contributed by atoms with van der Waals surface area (Å²) in [5, 5.41) is 0. The molecule has 0 saturated carbocycles. The van der Waals surface area contributed by atoms with Crippen molar-refractivity contribution in [2.45, 2.75) is 271 Å². The van der Waals surface area contributed by atoms with E-state index in [0.717, 1.165) is 103 Å². The highest BCUT2D eigenvalue weighted by Gasteiger charge is 2.17. The van der Waals surface area contributed by atoms with Crippen molar-refractivity contribution >= 4 is 11.9 Å². The Kier molecular flexibility index (Phi) is 55.4. The number of hydrogen-bond donors (Lipinski definition) is 0. The minimum Gasteiger partial charge on any atom is -0.462 e. The fraction of sp³-hybridized carbons (Fsp3) is 0.714. The molecule has 0 aromatic carbocycles. The Morgan fingerprint density at radius 3 is 1.06 bits per heavy atom. The van der Waals surface area contributed by atoms with Gasteiger partial charge in [-0.05, 0) is 122 Å². The predicted octanol–water partition coefficient (Wildman–Crippen LogP) is 19.8. The van der Waals surface area contributed by atoms with E-state index in [2.05, 4.69) is 118 Å². The molecule has 5 nitrogen and oxygen atoms in total. The molecule has 0 aromatic heterocycles. The van der Waals surface area contributed by atoms with E-state index in [9.17, 15) is 9.59 Å². The van der Waals surface area contributed by atoms with E-state index in [0.29, 0.717) is 19.4 Å². The van der Waals surface area contributed by atoms with Gasteiger partial charge in [-0.2, -0.15) is 0 Å². The van der Waals surface area contributed by atoms with Crippen LogP contribution in [0.2, 0.25) is 0 Å². The fourth-order valence-electron chi connectivity index (χ4n) is 7.80. The van der Waals surface area contributed by atoms with E-state index >= 15 is 0 Å². The van der Waals surface area contributed by atoms with Crippen LogP contribution < -0.4 is 0 Å². The highest BCUT2D eigenvalue weighted by Crippen LogP contribution is 2.14. The van der Waals surface area contributed by atoms with Crippen LogP contribution in [0.3, 0.4) is 0 Å². The van der Waals surface area contributed by atoms with Crippen LogP contribution in [0.1, 0.15) is 265 Å². The molecule has 5 heteroatoms. The number of hydrogen-bond acceptors (Lipinski definition) is 5. The van der Waals surface area contributed by atoms with E-state index < -0.39 is 6.10 Å². The standard InChI is InChI=1S/C63H108O5/c1-4-7-10-13-16-19-22-25-28-31-32-34-35-38-41-44-47-50-53-56-62(64)67-60-61(59-66-58-55-52-49-46-43-40-37-30-27-24-21-18-15-12-9-6-3)68-63(65)57-54-51-48-45-42-39-36-33-29-26-23-20-17-14-11-8-5-2/h9,12,16-21,25-30,40,43,61H,4-8,10-11,13-15,22-24,31-39,41-42,44-60H2,1-3H3/b12-9-,19-16-,20-17-,21-18-,28-25-,29-26-,30-27-,43-40-. The van der Waals surface area contributed by atoms with Crippen LogP contribution in [0.15, 0.2) is 97.2 Å². The average molecular weight is 946 g/mol. The van der Waals surface area contributed by atoms with Gasteiger partial charge in [0.25, 0.3) is 0 Å². The summed E-state index contributed by atoms with van der Waals surface area (Å²) >= 11 is 0. The number of carbonyl (C=O) groups excluding carboxylic acids is 2. The molecule has 0 aliphatic heterocycles. The molecule has 0 rings (SSSR count). The van der Waals surface area contributed by atoms with Crippen molar-refractivity contribution in [3.05, 3.63) is 97.2 Å². The van der Waals surface area contributed by atoms with E-state index in [4.69, 9.17) is 14.2 Å². The van der Waals surface area contributed by atoms with Crippen LogP contribution in [0.5, 0.6) is 0 Å². The Morgan fingerprint density at radius 1 is 0.338 bits per heavy atom. The topological polar surface area (TPSA) is 61.8 Å². The van der Waals surface area contributed by atoms with Gasteiger partial charge in [0.05, 0.1) is 6.61 Å². The van der Waals surface area contributed by atoms with Gasteiger partial charge in [0.1, 0.15) is 6.61 Å². The first-order valence-electron chi connectivity index (χ1n) is 28.8. The highest BCUT2D eigenvalue weighted by atomic mass is 16.6. The third-order valence-electron chi connectivity index (χ3n) is 12.1. The summed E-state index contributed by atoms with van der Waals surface area (Å²) in [5.74, 6) is -0.427. The van der Waals surface area contributed by atoms with E-state index in [1.807, 2.05) is 0 Å². The van der Waals surface area contributed by atoms with Gasteiger partial charge < -0.3 is 14.2 Å². The maximum absolute atomic E-state index is 12.9. The zero-order valence-corrected chi connectivity index (χ0v) is 44.8. The third kappa shape index (κ3) is 55.4. The van der Waals surface area contributed by atoms with Gasteiger partial charge in [-0.25, -0.2) is 0 Å². The second kappa shape index (κ2) is 58.1. The largest absolute Gasteiger partial charge is 0.462 e. The Balaban J connectivity index is 4.35. The van der Waals surface area contributed by atoms with Crippen molar-refractivity contribution in [2.75, 3.05) is 19.8 Å². The zero-order valence-electron chi connectivity index (χ0n) is 44.8.